The Kier molecular flexibility index (Phi) is 3.76. The molecule has 0 spiro atoms. The minimum Gasteiger partial charge on any atom is -0.505 e. The van der Waals surface area contributed by atoms with E-state index in [1.807, 2.05) is 0 Å². The van der Waals surface area contributed by atoms with Gasteiger partial charge in [-0.15, -0.1) is 0 Å². The van der Waals surface area contributed by atoms with Crippen LogP contribution in [0.15, 0.2) is 18.5 Å². The Morgan fingerprint density at radius 1 is 1.61 bits per heavy atom. The third-order valence-electron chi connectivity index (χ3n) is 3.14. The van der Waals surface area contributed by atoms with E-state index in [0.29, 0.717) is 18.1 Å². The molecule has 1 amide bonds. The molecule has 0 aliphatic carbocycles. The second-order valence-corrected chi connectivity index (χ2v) is 4.86. The van der Waals surface area contributed by atoms with Gasteiger partial charge >= 0.3 is 0 Å². The number of aromatic hydroxyl groups is 1. The van der Waals surface area contributed by atoms with E-state index in [2.05, 4.69) is 4.98 Å². The molecule has 1 aromatic heterocycles. The lowest BCUT2D eigenvalue weighted by Gasteiger charge is -2.32. The summed E-state index contributed by atoms with van der Waals surface area (Å²) in [5, 5.41) is 9.63. The number of thiocarbonyl (C=S) groups is 1. The average Bonchev–Trinajstić information content (AvgIpc) is 2.38. The molecule has 0 saturated carbocycles. The highest BCUT2D eigenvalue weighted by atomic mass is 32.1. The Balaban J connectivity index is 2.14. The van der Waals surface area contributed by atoms with Gasteiger partial charge in [-0.25, -0.2) is 0 Å². The van der Waals surface area contributed by atoms with E-state index in [4.69, 9.17) is 18.0 Å². The summed E-state index contributed by atoms with van der Waals surface area (Å²) in [6.45, 7) is 1.19. The summed E-state index contributed by atoms with van der Waals surface area (Å²) in [5.41, 5.74) is 5.90. The number of nitrogens with zero attached hydrogens (tertiary/aromatic N) is 2. The van der Waals surface area contributed by atoms with Crippen molar-refractivity contribution in [3.05, 3.63) is 24.0 Å². The van der Waals surface area contributed by atoms with Crippen molar-refractivity contribution in [2.24, 2.45) is 11.7 Å². The monoisotopic (exact) mass is 265 g/mol. The van der Waals surface area contributed by atoms with Gasteiger partial charge in [0.25, 0.3) is 5.91 Å². The minimum atomic E-state index is -0.198. The van der Waals surface area contributed by atoms with Crippen LogP contribution in [0.2, 0.25) is 0 Å². The summed E-state index contributed by atoms with van der Waals surface area (Å²) in [6.07, 6.45) is 4.55. The molecule has 1 aliphatic heterocycles. The van der Waals surface area contributed by atoms with Crippen LogP contribution >= 0.6 is 12.2 Å². The lowest BCUT2D eigenvalue weighted by atomic mass is 9.97. The topological polar surface area (TPSA) is 79.5 Å². The van der Waals surface area contributed by atoms with Crippen LogP contribution < -0.4 is 5.73 Å². The van der Waals surface area contributed by atoms with Crippen molar-refractivity contribution in [3.63, 3.8) is 0 Å². The number of carbonyl (C=O) groups excluding carboxylic acids is 1. The van der Waals surface area contributed by atoms with Crippen molar-refractivity contribution in [2.75, 3.05) is 13.1 Å². The summed E-state index contributed by atoms with van der Waals surface area (Å²) in [5.74, 6) is -0.225. The number of piperidine rings is 1. The van der Waals surface area contributed by atoms with Crippen LogP contribution in [0.25, 0.3) is 0 Å². The molecule has 96 valence electrons. The molecule has 5 nitrogen and oxygen atoms in total. The maximum atomic E-state index is 12.2. The van der Waals surface area contributed by atoms with Gasteiger partial charge in [0.15, 0.2) is 0 Å². The summed E-state index contributed by atoms with van der Waals surface area (Å²) >= 11 is 4.98. The number of hydrogen-bond donors (Lipinski definition) is 2. The van der Waals surface area contributed by atoms with Gasteiger partial charge < -0.3 is 15.7 Å². The first-order chi connectivity index (χ1) is 8.59. The molecule has 1 atom stereocenters. The van der Waals surface area contributed by atoms with Gasteiger partial charge in [-0.1, -0.05) is 12.2 Å². The zero-order valence-corrected chi connectivity index (χ0v) is 10.7. The van der Waals surface area contributed by atoms with Crippen molar-refractivity contribution in [1.29, 1.82) is 0 Å². The van der Waals surface area contributed by atoms with Crippen LogP contribution in [-0.2, 0) is 0 Å². The van der Waals surface area contributed by atoms with Crippen LogP contribution in [0.5, 0.6) is 5.75 Å². The quantitative estimate of drug-likeness (QED) is 0.778. The molecular formula is C12H15N3O2S. The number of aromatic nitrogens is 1. The van der Waals surface area contributed by atoms with Gasteiger partial charge in [0, 0.05) is 25.2 Å². The van der Waals surface area contributed by atoms with Crippen LogP contribution in [-0.4, -0.2) is 39.0 Å². The van der Waals surface area contributed by atoms with E-state index in [1.54, 1.807) is 4.90 Å². The average molecular weight is 265 g/mol. The van der Waals surface area contributed by atoms with Crippen molar-refractivity contribution in [2.45, 2.75) is 12.8 Å². The number of hydrogen-bond acceptors (Lipinski definition) is 4. The first-order valence-corrected chi connectivity index (χ1v) is 6.22. The molecule has 2 rings (SSSR count). The molecule has 1 unspecified atom stereocenters. The van der Waals surface area contributed by atoms with Crippen molar-refractivity contribution >= 4 is 23.1 Å². The van der Waals surface area contributed by atoms with Gasteiger partial charge in [0.1, 0.15) is 5.75 Å². The Morgan fingerprint density at radius 2 is 2.39 bits per heavy atom. The van der Waals surface area contributed by atoms with Gasteiger partial charge in [-0.05, 0) is 18.9 Å². The first-order valence-electron chi connectivity index (χ1n) is 5.81. The van der Waals surface area contributed by atoms with E-state index in [1.165, 1.54) is 18.5 Å². The van der Waals surface area contributed by atoms with Gasteiger partial charge in [-0.2, -0.15) is 0 Å². The molecule has 1 saturated heterocycles. The fraction of sp³-hybridized carbons (Fsp3) is 0.417. The zero-order valence-electron chi connectivity index (χ0n) is 9.87. The molecule has 0 bridgehead atoms. The zero-order chi connectivity index (χ0) is 13.1. The third-order valence-corrected chi connectivity index (χ3v) is 3.47. The summed E-state index contributed by atoms with van der Waals surface area (Å²) < 4.78 is 0. The van der Waals surface area contributed by atoms with E-state index >= 15 is 0 Å². The largest absolute Gasteiger partial charge is 0.505 e. The Morgan fingerprint density at radius 3 is 3.06 bits per heavy atom. The number of amides is 1. The highest BCUT2D eigenvalue weighted by Gasteiger charge is 2.27. The van der Waals surface area contributed by atoms with E-state index < -0.39 is 0 Å². The molecule has 18 heavy (non-hydrogen) atoms. The second-order valence-electron chi connectivity index (χ2n) is 4.39. The molecule has 6 heteroatoms. The van der Waals surface area contributed by atoms with Crippen LogP contribution in [0, 0.1) is 5.92 Å². The number of carbonyl (C=O) groups is 1. The van der Waals surface area contributed by atoms with Crippen LogP contribution in [0.4, 0.5) is 0 Å². The Bertz CT molecular complexity index is 478. The normalized spacial score (nSPS) is 19.6. The van der Waals surface area contributed by atoms with E-state index in [9.17, 15) is 9.90 Å². The number of nitrogens with two attached hydrogens (primary N) is 1. The maximum absolute atomic E-state index is 12.2. The highest BCUT2D eigenvalue weighted by molar-refractivity contribution is 7.80. The van der Waals surface area contributed by atoms with Crippen molar-refractivity contribution in [3.8, 4) is 5.75 Å². The first kappa shape index (κ1) is 12.8. The molecule has 0 radical (unpaired) electrons. The van der Waals surface area contributed by atoms with Gasteiger partial charge in [0.05, 0.1) is 16.7 Å². The predicted octanol–water partition coefficient (Wildman–Crippen LogP) is 0.925. The Hall–Kier alpha value is -1.69. The van der Waals surface area contributed by atoms with Gasteiger partial charge in [-0.3, -0.25) is 9.78 Å². The fourth-order valence-electron chi connectivity index (χ4n) is 2.13. The van der Waals surface area contributed by atoms with Crippen molar-refractivity contribution < 1.29 is 9.90 Å². The minimum absolute atomic E-state index is 0.0710. The van der Waals surface area contributed by atoms with Crippen LogP contribution in [0.1, 0.15) is 23.2 Å². The molecule has 0 aromatic carbocycles. The molecular weight excluding hydrogens is 250 g/mol. The highest BCUT2D eigenvalue weighted by Crippen LogP contribution is 2.22. The van der Waals surface area contributed by atoms with Crippen LogP contribution in [0.3, 0.4) is 0 Å². The van der Waals surface area contributed by atoms with Gasteiger partial charge in [0.2, 0.25) is 0 Å². The summed E-state index contributed by atoms with van der Waals surface area (Å²) in [7, 11) is 0. The SMILES string of the molecule is NC(=S)C1CCCN(C(=O)c2ccncc2O)C1. The maximum Gasteiger partial charge on any atom is 0.257 e. The standard InChI is InChI=1S/C12H15N3O2S/c13-11(18)8-2-1-5-15(7-8)12(17)9-3-4-14-6-10(9)16/h3-4,6,8,16H,1-2,5,7H2,(H2,13,18). The molecule has 3 N–H and O–H groups in total. The summed E-state index contributed by atoms with van der Waals surface area (Å²) in [4.78, 5) is 18.1. The van der Waals surface area contributed by atoms with Crippen molar-refractivity contribution in [1.82, 2.24) is 9.88 Å². The molecule has 1 aromatic rings. The third kappa shape index (κ3) is 2.59. The molecule has 1 fully saturated rings. The lowest BCUT2D eigenvalue weighted by molar-refractivity contribution is 0.0700. The Labute approximate surface area is 111 Å². The molecule has 1 aliphatic rings. The molecule has 2 heterocycles. The van der Waals surface area contributed by atoms with E-state index in [-0.39, 0.29) is 23.1 Å². The number of likely N-dealkylation sites (tertiary alicyclic amines) is 1. The second kappa shape index (κ2) is 5.30. The summed E-state index contributed by atoms with van der Waals surface area (Å²) in [6, 6.07) is 1.52. The smallest absolute Gasteiger partial charge is 0.257 e. The predicted molar refractivity (Wildman–Crippen MR) is 71.3 cm³/mol. The van der Waals surface area contributed by atoms with E-state index in [0.717, 1.165) is 12.8 Å². The number of pyridine rings is 1. The number of rotatable bonds is 2. The fourth-order valence-corrected chi connectivity index (χ4v) is 2.32. The lowest BCUT2D eigenvalue weighted by Crippen LogP contribution is -2.43.